The second-order valence-electron chi connectivity index (χ2n) is 6.38. The van der Waals surface area contributed by atoms with Crippen LogP contribution >= 0.6 is 11.3 Å². The van der Waals surface area contributed by atoms with Gasteiger partial charge in [-0.15, -0.1) is 0 Å². The fraction of sp³-hybridized carbons (Fsp3) is 0.0952. The van der Waals surface area contributed by atoms with Gasteiger partial charge in [0.15, 0.2) is 29.2 Å². The molecule has 0 aliphatic carbocycles. The molecular weight excluding hydrogens is 433 g/mol. The summed E-state index contributed by atoms with van der Waals surface area (Å²) in [5.41, 5.74) is -0.265. The zero-order valence-electron chi connectivity index (χ0n) is 15.9. The van der Waals surface area contributed by atoms with Crippen molar-refractivity contribution in [2.24, 2.45) is 0 Å². The molecule has 0 fully saturated rings. The quantitative estimate of drug-likeness (QED) is 0.356. The number of esters is 1. The number of fused-ring (bicyclic) bond motifs is 2. The van der Waals surface area contributed by atoms with Crippen LogP contribution in [0.3, 0.4) is 0 Å². The number of anilines is 1. The molecule has 0 aliphatic rings. The highest BCUT2D eigenvalue weighted by atomic mass is 32.1. The molecule has 0 bridgehead atoms. The van der Waals surface area contributed by atoms with Gasteiger partial charge in [0.25, 0.3) is 5.91 Å². The summed E-state index contributed by atoms with van der Waals surface area (Å²) in [4.78, 5) is 28.3. The molecule has 1 aromatic heterocycles. The van der Waals surface area contributed by atoms with E-state index < -0.39 is 41.5 Å². The van der Waals surface area contributed by atoms with Crippen molar-refractivity contribution in [3.8, 4) is 5.75 Å². The van der Waals surface area contributed by atoms with E-state index in [4.69, 9.17) is 9.47 Å². The van der Waals surface area contributed by atoms with Crippen molar-refractivity contribution in [1.29, 1.82) is 0 Å². The Morgan fingerprint density at radius 1 is 1.06 bits per heavy atom. The van der Waals surface area contributed by atoms with Gasteiger partial charge < -0.3 is 9.47 Å². The number of benzene rings is 3. The van der Waals surface area contributed by atoms with Gasteiger partial charge in [-0.1, -0.05) is 35.6 Å². The predicted octanol–water partition coefficient (Wildman–Crippen LogP) is 4.67. The van der Waals surface area contributed by atoms with Gasteiger partial charge in [0.1, 0.15) is 16.8 Å². The van der Waals surface area contributed by atoms with Crippen LogP contribution in [0.4, 0.5) is 18.3 Å². The molecule has 0 unspecified atom stereocenters. The molecule has 158 valence electrons. The number of carbonyl (C=O) groups is 2. The molecule has 1 N–H and O–H groups in total. The Labute approximate surface area is 177 Å². The molecule has 10 heteroatoms. The fourth-order valence-electron chi connectivity index (χ4n) is 2.94. The van der Waals surface area contributed by atoms with E-state index in [1.165, 1.54) is 7.11 Å². The summed E-state index contributed by atoms with van der Waals surface area (Å²) in [5.74, 6) is -5.69. The van der Waals surface area contributed by atoms with Gasteiger partial charge in [0.2, 0.25) is 0 Å². The van der Waals surface area contributed by atoms with Crippen molar-refractivity contribution in [3.05, 3.63) is 65.5 Å². The molecule has 6 nitrogen and oxygen atoms in total. The van der Waals surface area contributed by atoms with Crippen molar-refractivity contribution < 1.29 is 32.2 Å². The van der Waals surface area contributed by atoms with Crippen LogP contribution in [0.15, 0.2) is 42.5 Å². The minimum Gasteiger partial charge on any atom is -0.496 e. The fourth-order valence-corrected chi connectivity index (χ4v) is 3.84. The number of amides is 1. The SMILES string of the molecule is COc1cc2ccccc2cc1C(=O)OCC(=O)Nc1nc2c(F)c(F)c(F)cc2s1. The second kappa shape index (κ2) is 8.23. The monoisotopic (exact) mass is 446 g/mol. The maximum atomic E-state index is 13.8. The summed E-state index contributed by atoms with van der Waals surface area (Å²) in [7, 11) is 1.41. The van der Waals surface area contributed by atoms with Crippen LogP contribution in [-0.4, -0.2) is 30.6 Å². The Bertz CT molecular complexity index is 1340. The molecular formula is C21H13F3N2O4S. The molecule has 0 saturated heterocycles. The van der Waals surface area contributed by atoms with Gasteiger partial charge >= 0.3 is 5.97 Å². The number of methoxy groups -OCH3 is 1. The lowest BCUT2D eigenvalue weighted by Gasteiger charge is -2.10. The molecule has 4 rings (SSSR count). The summed E-state index contributed by atoms with van der Waals surface area (Å²) in [6.07, 6.45) is 0. The normalized spacial score (nSPS) is 11.0. The number of thiazole rings is 1. The summed E-state index contributed by atoms with van der Waals surface area (Å²) in [6, 6.07) is 11.4. The van der Waals surface area contributed by atoms with Gasteiger partial charge in [0, 0.05) is 0 Å². The summed E-state index contributed by atoms with van der Waals surface area (Å²) < 4.78 is 50.7. The topological polar surface area (TPSA) is 77.5 Å². The third kappa shape index (κ3) is 4.02. The number of hydrogen-bond acceptors (Lipinski definition) is 6. The maximum Gasteiger partial charge on any atom is 0.342 e. The van der Waals surface area contributed by atoms with Gasteiger partial charge in [-0.05, 0) is 29.0 Å². The number of aromatic nitrogens is 1. The van der Waals surface area contributed by atoms with E-state index in [0.717, 1.165) is 28.2 Å². The molecule has 4 aromatic rings. The number of carbonyl (C=O) groups excluding carboxylic acids is 2. The largest absolute Gasteiger partial charge is 0.496 e. The van der Waals surface area contributed by atoms with Gasteiger partial charge in [0.05, 0.1) is 11.8 Å². The van der Waals surface area contributed by atoms with Crippen LogP contribution in [-0.2, 0) is 9.53 Å². The first-order valence-electron chi connectivity index (χ1n) is 8.85. The first-order chi connectivity index (χ1) is 14.9. The summed E-state index contributed by atoms with van der Waals surface area (Å²) in [6.45, 7) is -0.657. The lowest BCUT2D eigenvalue weighted by molar-refractivity contribution is -0.119. The minimum absolute atomic E-state index is 0.0181. The van der Waals surface area contributed by atoms with E-state index in [2.05, 4.69) is 10.3 Å². The number of halogens is 3. The molecule has 0 saturated carbocycles. The van der Waals surface area contributed by atoms with Crippen LogP contribution in [0.25, 0.3) is 21.0 Å². The minimum atomic E-state index is -1.64. The highest BCUT2D eigenvalue weighted by Crippen LogP contribution is 2.30. The summed E-state index contributed by atoms with van der Waals surface area (Å²) >= 11 is 0.751. The van der Waals surface area contributed by atoms with Crippen LogP contribution < -0.4 is 10.1 Å². The summed E-state index contributed by atoms with van der Waals surface area (Å²) in [5, 5.41) is 3.87. The van der Waals surface area contributed by atoms with Gasteiger partial charge in [-0.2, -0.15) is 0 Å². The van der Waals surface area contributed by atoms with Gasteiger partial charge in [-0.25, -0.2) is 22.9 Å². The molecule has 0 atom stereocenters. The zero-order valence-corrected chi connectivity index (χ0v) is 16.7. The smallest absolute Gasteiger partial charge is 0.342 e. The zero-order chi connectivity index (χ0) is 22.1. The van der Waals surface area contributed by atoms with Crippen molar-refractivity contribution in [3.63, 3.8) is 0 Å². The Morgan fingerprint density at radius 2 is 1.77 bits per heavy atom. The van der Waals surface area contributed by atoms with E-state index in [1.807, 2.05) is 24.3 Å². The molecule has 31 heavy (non-hydrogen) atoms. The van der Waals surface area contributed by atoms with Crippen molar-refractivity contribution in [2.45, 2.75) is 0 Å². The number of hydrogen-bond donors (Lipinski definition) is 1. The van der Waals surface area contributed by atoms with E-state index in [-0.39, 0.29) is 21.1 Å². The van der Waals surface area contributed by atoms with Crippen molar-refractivity contribution in [1.82, 2.24) is 4.98 Å². The first-order valence-corrected chi connectivity index (χ1v) is 9.67. The first kappa shape index (κ1) is 20.6. The Kier molecular flexibility index (Phi) is 5.47. The number of rotatable bonds is 5. The number of nitrogens with one attached hydrogen (secondary N) is 1. The predicted molar refractivity (Wildman–Crippen MR) is 109 cm³/mol. The molecule has 0 aliphatic heterocycles. The van der Waals surface area contributed by atoms with Crippen molar-refractivity contribution in [2.75, 3.05) is 19.0 Å². The molecule has 0 radical (unpaired) electrons. The lowest BCUT2D eigenvalue weighted by atomic mass is 10.1. The average Bonchev–Trinajstić information content (AvgIpc) is 3.17. The third-order valence-corrected chi connectivity index (χ3v) is 5.31. The van der Waals surface area contributed by atoms with E-state index >= 15 is 0 Å². The highest BCUT2D eigenvalue weighted by Gasteiger charge is 2.20. The molecule has 0 spiro atoms. The number of ether oxygens (including phenoxy) is 2. The van der Waals surface area contributed by atoms with Crippen LogP contribution in [0, 0.1) is 17.5 Å². The maximum absolute atomic E-state index is 13.8. The van der Waals surface area contributed by atoms with Crippen LogP contribution in [0.5, 0.6) is 5.75 Å². The average molecular weight is 446 g/mol. The van der Waals surface area contributed by atoms with E-state index in [0.29, 0.717) is 0 Å². The van der Waals surface area contributed by atoms with Gasteiger partial charge in [-0.3, -0.25) is 10.1 Å². The lowest BCUT2D eigenvalue weighted by Crippen LogP contribution is -2.21. The van der Waals surface area contributed by atoms with Crippen molar-refractivity contribution >= 4 is 49.3 Å². The Morgan fingerprint density at radius 3 is 2.48 bits per heavy atom. The van der Waals surface area contributed by atoms with Crippen LogP contribution in [0.2, 0.25) is 0 Å². The molecule has 3 aromatic carbocycles. The van der Waals surface area contributed by atoms with Crippen LogP contribution in [0.1, 0.15) is 10.4 Å². The molecule has 1 amide bonds. The highest BCUT2D eigenvalue weighted by molar-refractivity contribution is 7.22. The van der Waals surface area contributed by atoms with E-state index in [1.54, 1.807) is 12.1 Å². The second-order valence-corrected chi connectivity index (χ2v) is 7.41. The third-order valence-electron chi connectivity index (χ3n) is 4.39. The Balaban J connectivity index is 1.47. The molecule has 1 heterocycles. The standard InChI is InChI=1S/C21H13F3N2O4S/c1-29-14-7-11-5-3-2-4-10(11)6-12(14)20(28)30-9-16(27)25-21-26-19-15(31-21)8-13(22)17(23)18(19)24/h2-8H,9H2,1H3,(H,25,26,27). The number of nitrogens with zero attached hydrogens (tertiary/aromatic N) is 1. The van der Waals surface area contributed by atoms with E-state index in [9.17, 15) is 22.8 Å². The Hall–Kier alpha value is -3.66.